The van der Waals surface area contributed by atoms with Gasteiger partial charge in [-0.3, -0.25) is 9.78 Å². The van der Waals surface area contributed by atoms with Crippen molar-refractivity contribution < 1.29 is 0 Å². The van der Waals surface area contributed by atoms with Crippen molar-refractivity contribution in [2.45, 2.75) is 19.4 Å². The Balaban J connectivity index is 3.21. The van der Waals surface area contributed by atoms with Crippen LogP contribution in [0.1, 0.15) is 12.6 Å². The van der Waals surface area contributed by atoms with Crippen molar-refractivity contribution in [1.82, 2.24) is 9.97 Å². The van der Waals surface area contributed by atoms with Crippen LogP contribution in [0.2, 0.25) is 0 Å². The molecule has 1 aromatic heterocycles. The Labute approximate surface area is 82.5 Å². The van der Waals surface area contributed by atoms with Gasteiger partial charge in [0.25, 0.3) is 5.56 Å². The summed E-state index contributed by atoms with van der Waals surface area (Å²) in [5.74, 6) is 0. The van der Waals surface area contributed by atoms with Gasteiger partial charge < -0.3 is 10.7 Å². The highest BCUT2D eigenvalue weighted by atomic mass is 79.9. The van der Waals surface area contributed by atoms with Crippen LogP contribution in [0, 0.1) is 0 Å². The maximum atomic E-state index is 11.1. The fourth-order valence-corrected chi connectivity index (χ4v) is 1.34. The summed E-state index contributed by atoms with van der Waals surface area (Å²) < 4.78 is 0.337. The molecule has 0 spiro atoms. The summed E-state index contributed by atoms with van der Waals surface area (Å²) in [5.41, 5.74) is 5.13. The van der Waals surface area contributed by atoms with Crippen molar-refractivity contribution in [3.8, 4) is 0 Å². The first-order chi connectivity index (χ1) is 6.00. The van der Waals surface area contributed by atoms with Crippen molar-refractivity contribution in [3.63, 3.8) is 0 Å². The van der Waals surface area contributed by atoms with Crippen molar-refractivity contribution >= 4 is 15.9 Å². The average molecular weight is 248 g/mol. The van der Waals surface area contributed by atoms with Crippen molar-refractivity contribution in [3.05, 3.63) is 31.0 Å². The van der Waals surface area contributed by atoms with E-state index in [0.717, 1.165) is 0 Å². The van der Waals surface area contributed by atoms with Gasteiger partial charge in [-0.1, -0.05) is 0 Å². The fourth-order valence-electron chi connectivity index (χ4n) is 0.981. The molecule has 5 nitrogen and oxygen atoms in total. The molecule has 6 heteroatoms. The SMILES string of the molecule is CC(N)Cc1[nH]c(=O)[nH]c(=O)c1Br. The van der Waals surface area contributed by atoms with E-state index >= 15 is 0 Å². The summed E-state index contributed by atoms with van der Waals surface area (Å²) in [6.45, 7) is 1.80. The molecule has 1 heterocycles. The standard InChI is InChI=1S/C7H10BrN3O2/c1-3(9)2-4-5(8)6(12)11-7(13)10-4/h3H,2,9H2,1H3,(H2,10,11,12,13). The molecule has 13 heavy (non-hydrogen) atoms. The van der Waals surface area contributed by atoms with Crippen LogP contribution in [0.25, 0.3) is 0 Å². The van der Waals surface area contributed by atoms with Crippen LogP contribution in [0.3, 0.4) is 0 Å². The van der Waals surface area contributed by atoms with E-state index in [2.05, 4.69) is 25.9 Å². The van der Waals surface area contributed by atoms with Crippen molar-refractivity contribution in [1.29, 1.82) is 0 Å². The second kappa shape index (κ2) is 3.89. The van der Waals surface area contributed by atoms with E-state index in [1.54, 1.807) is 6.92 Å². The molecule has 0 aliphatic heterocycles. The van der Waals surface area contributed by atoms with Gasteiger partial charge in [-0.15, -0.1) is 0 Å². The van der Waals surface area contributed by atoms with Crippen LogP contribution in [-0.4, -0.2) is 16.0 Å². The van der Waals surface area contributed by atoms with Crippen LogP contribution in [0.15, 0.2) is 14.1 Å². The van der Waals surface area contributed by atoms with Gasteiger partial charge in [0.05, 0.1) is 0 Å². The molecular formula is C7H10BrN3O2. The lowest BCUT2D eigenvalue weighted by Gasteiger charge is -2.05. The quantitative estimate of drug-likeness (QED) is 0.671. The number of aromatic nitrogens is 2. The Morgan fingerprint density at radius 2 is 2.08 bits per heavy atom. The summed E-state index contributed by atoms with van der Waals surface area (Å²) in [6.07, 6.45) is 0.458. The molecule has 1 rings (SSSR count). The normalized spacial score (nSPS) is 12.8. The van der Waals surface area contributed by atoms with E-state index in [9.17, 15) is 9.59 Å². The Morgan fingerprint density at radius 1 is 1.46 bits per heavy atom. The number of nitrogens with one attached hydrogen (secondary N) is 2. The van der Waals surface area contributed by atoms with E-state index < -0.39 is 11.2 Å². The molecule has 1 aromatic rings. The molecule has 0 saturated heterocycles. The largest absolute Gasteiger partial charge is 0.328 e. The predicted octanol–water partition coefficient (Wildman–Crippen LogP) is -0.285. The highest BCUT2D eigenvalue weighted by Crippen LogP contribution is 2.07. The molecule has 0 saturated carbocycles. The van der Waals surface area contributed by atoms with Crippen LogP contribution in [-0.2, 0) is 6.42 Å². The molecule has 0 amide bonds. The van der Waals surface area contributed by atoms with Gasteiger partial charge in [-0.05, 0) is 22.9 Å². The molecule has 0 bridgehead atoms. The third-order valence-corrected chi connectivity index (χ3v) is 2.32. The lowest BCUT2D eigenvalue weighted by molar-refractivity contribution is 0.710. The van der Waals surface area contributed by atoms with Crippen molar-refractivity contribution in [2.75, 3.05) is 0 Å². The second-order valence-corrected chi connectivity index (χ2v) is 3.68. The number of hydrogen-bond acceptors (Lipinski definition) is 3. The van der Waals surface area contributed by atoms with Gasteiger partial charge in [-0.2, -0.15) is 0 Å². The number of rotatable bonds is 2. The van der Waals surface area contributed by atoms with Gasteiger partial charge in [0, 0.05) is 18.2 Å². The summed E-state index contributed by atoms with van der Waals surface area (Å²) in [7, 11) is 0. The highest BCUT2D eigenvalue weighted by molar-refractivity contribution is 9.10. The zero-order valence-corrected chi connectivity index (χ0v) is 8.64. The maximum Gasteiger partial charge on any atom is 0.325 e. The average Bonchev–Trinajstić information content (AvgIpc) is 1.98. The topological polar surface area (TPSA) is 91.7 Å². The lowest BCUT2D eigenvalue weighted by Crippen LogP contribution is -2.28. The first kappa shape index (κ1) is 10.2. The number of hydrogen-bond donors (Lipinski definition) is 3. The number of H-pyrrole nitrogens is 2. The van der Waals surface area contributed by atoms with E-state index in [0.29, 0.717) is 16.6 Å². The molecule has 0 aliphatic rings. The van der Waals surface area contributed by atoms with Crippen LogP contribution < -0.4 is 17.0 Å². The minimum absolute atomic E-state index is 0.103. The highest BCUT2D eigenvalue weighted by Gasteiger charge is 2.07. The number of halogens is 1. The summed E-state index contributed by atoms with van der Waals surface area (Å²) in [6, 6.07) is -0.103. The molecule has 4 N–H and O–H groups in total. The van der Waals surface area contributed by atoms with Crippen LogP contribution in [0.5, 0.6) is 0 Å². The number of nitrogens with two attached hydrogens (primary N) is 1. The van der Waals surface area contributed by atoms with E-state index in [1.807, 2.05) is 0 Å². The first-order valence-corrected chi connectivity index (χ1v) is 4.56. The van der Waals surface area contributed by atoms with E-state index in [4.69, 9.17) is 5.73 Å². The Morgan fingerprint density at radius 3 is 2.62 bits per heavy atom. The Kier molecular flexibility index (Phi) is 3.05. The minimum atomic E-state index is -0.510. The third-order valence-electron chi connectivity index (χ3n) is 1.48. The Bertz CT molecular complexity index is 407. The maximum absolute atomic E-state index is 11.1. The molecular weight excluding hydrogens is 238 g/mol. The zero-order chi connectivity index (χ0) is 10.0. The fraction of sp³-hybridized carbons (Fsp3) is 0.429. The predicted molar refractivity (Wildman–Crippen MR) is 52.7 cm³/mol. The monoisotopic (exact) mass is 247 g/mol. The molecule has 0 aliphatic carbocycles. The van der Waals surface area contributed by atoms with Gasteiger partial charge in [0.15, 0.2) is 0 Å². The smallest absolute Gasteiger partial charge is 0.325 e. The van der Waals surface area contributed by atoms with Gasteiger partial charge >= 0.3 is 5.69 Å². The molecule has 0 fully saturated rings. The van der Waals surface area contributed by atoms with Crippen molar-refractivity contribution in [2.24, 2.45) is 5.73 Å². The van der Waals surface area contributed by atoms with Crippen LogP contribution >= 0.6 is 15.9 Å². The third kappa shape index (κ3) is 2.53. The summed E-state index contributed by atoms with van der Waals surface area (Å²) >= 11 is 3.07. The zero-order valence-electron chi connectivity index (χ0n) is 7.06. The van der Waals surface area contributed by atoms with Crippen LogP contribution in [0.4, 0.5) is 0 Å². The molecule has 72 valence electrons. The van der Waals surface area contributed by atoms with Gasteiger partial charge in [0.2, 0.25) is 0 Å². The second-order valence-electron chi connectivity index (χ2n) is 2.88. The molecule has 0 radical (unpaired) electrons. The minimum Gasteiger partial charge on any atom is -0.328 e. The number of aromatic amines is 2. The van der Waals surface area contributed by atoms with E-state index in [-0.39, 0.29) is 6.04 Å². The molecule has 1 atom stereocenters. The van der Waals surface area contributed by atoms with E-state index in [1.165, 1.54) is 0 Å². The molecule has 1 unspecified atom stereocenters. The van der Waals surface area contributed by atoms with Gasteiger partial charge in [-0.25, -0.2) is 4.79 Å². The van der Waals surface area contributed by atoms with Gasteiger partial charge in [0.1, 0.15) is 4.47 Å². The molecule has 0 aromatic carbocycles. The Hall–Kier alpha value is -0.880. The lowest BCUT2D eigenvalue weighted by atomic mass is 10.2. The first-order valence-electron chi connectivity index (χ1n) is 3.77. The summed E-state index contributed by atoms with van der Waals surface area (Å²) in [5, 5.41) is 0. The summed E-state index contributed by atoms with van der Waals surface area (Å²) in [4.78, 5) is 26.6.